The molecule has 0 aliphatic heterocycles. The summed E-state index contributed by atoms with van der Waals surface area (Å²) in [5.74, 6) is -0.775. The zero-order valence-electron chi connectivity index (χ0n) is 6.22. The Morgan fingerprint density at radius 2 is 1.92 bits per heavy atom. The molecule has 0 spiro atoms. The molecule has 7 heteroatoms. The number of halogens is 1. The highest BCUT2D eigenvalue weighted by molar-refractivity contribution is 5.61. The highest BCUT2D eigenvalue weighted by atomic mass is 19.1. The van der Waals surface area contributed by atoms with E-state index in [1.165, 1.54) is 6.07 Å². The summed E-state index contributed by atoms with van der Waals surface area (Å²) in [6.45, 7) is 0. The number of hydrogen-bond donors (Lipinski definition) is 0. The largest absolute Gasteiger partial charge is 0.206 e. The van der Waals surface area contributed by atoms with Crippen LogP contribution in [0, 0.1) is 11.9 Å². The Labute approximate surface area is 71.9 Å². The van der Waals surface area contributed by atoms with Crippen LogP contribution in [0.15, 0.2) is 22.4 Å². The van der Waals surface area contributed by atoms with Gasteiger partial charge >= 0.3 is 0 Å². The van der Waals surface area contributed by atoms with Crippen LogP contribution in [0.1, 0.15) is 0 Å². The molecule has 0 bridgehead atoms. The van der Waals surface area contributed by atoms with Crippen LogP contribution in [-0.2, 0) is 0 Å². The molecule has 0 atom stereocenters. The van der Waals surface area contributed by atoms with E-state index in [9.17, 15) is 4.39 Å². The van der Waals surface area contributed by atoms with Crippen molar-refractivity contribution in [2.45, 2.75) is 0 Å². The summed E-state index contributed by atoms with van der Waals surface area (Å²) in [4.78, 5) is 4.84. The van der Waals surface area contributed by atoms with Crippen molar-refractivity contribution in [2.75, 3.05) is 0 Å². The van der Waals surface area contributed by atoms with Gasteiger partial charge in [-0.2, -0.15) is 0 Å². The first-order valence-electron chi connectivity index (χ1n) is 3.09. The Balaban J connectivity index is 3.41. The molecule has 63 valence electrons. The van der Waals surface area contributed by atoms with Gasteiger partial charge in [0.2, 0.25) is 0 Å². The third kappa shape index (κ3) is 1.87. The van der Waals surface area contributed by atoms with Crippen molar-refractivity contribution in [1.82, 2.24) is 0 Å². The molecule has 0 amide bonds. The van der Waals surface area contributed by atoms with Gasteiger partial charge in [0.25, 0.3) is 0 Å². The molecule has 0 aliphatic carbocycles. The van der Waals surface area contributed by atoms with E-state index >= 15 is 0 Å². The number of benzene rings is 1. The van der Waals surface area contributed by atoms with Gasteiger partial charge in [-0.25, -0.2) is 4.39 Å². The number of nitrogens with zero attached hydrogens (tertiary/aromatic N) is 6. The maximum absolute atomic E-state index is 12.9. The number of rotatable bonds is 2. The van der Waals surface area contributed by atoms with Gasteiger partial charge in [0.1, 0.15) is 5.82 Å². The van der Waals surface area contributed by atoms with Gasteiger partial charge in [-0.1, -0.05) is 10.2 Å². The molecule has 0 aromatic heterocycles. The Morgan fingerprint density at radius 1 is 1.23 bits per heavy atom. The van der Waals surface area contributed by atoms with Crippen molar-refractivity contribution in [3.63, 3.8) is 0 Å². The summed E-state index contributed by atoms with van der Waals surface area (Å²) in [5.41, 5.74) is 15.8. The van der Waals surface area contributed by atoms with Gasteiger partial charge in [-0.3, -0.25) is 0 Å². The summed E-state index contributed by atoms with van der Waals surface area (Å²) < 4.78 is 12.9. The van der Waals surface area contributed by atoms with E-state index in [1.54, 1.807) is 0 Å². The second-order valence-corrected chi connectivity index (χ2v) is 1.92. The van der Waals surface area contributed by atoms with Gasteiger partial charge in [0, 0.05) is 9.82 Å². The van der Waals surface area contributed by atoms with Crippen LogP contribution < -0.4 is 0 Å². The lowest BCUT2D eigenvalue weighted by Crippen LogP contribution is -1.74. The molecular formula is C6H2FN6. The van der Waals surface area contributed by atoms with Gasteiger partial charge in [0.15, 0.2) is 0 Å². The number of azide groups is 2. The molecule has 0 saturated heterocycles. The molecule has 0 unspecified atom stereocenters. The van der Waals surface area contributed by atoms with Crippen molar-refractivity contribution in [3.8, 4) is 0 Å². The maximum atomic E-state index is 12.9. The molecular weight excluding hydrogens is 175 g/mol. The second-order valence-electron chi connectivity index (χ2n) is 1.92. The topological polar surface area (TPSA) is 97.5 Å². The lowest BCUT2D eigenvalue weighted by Gasteiger charge is -1.97. The lowest BCUT2D eigenvalue weighted by molar-refractivity contribution is 0.629. The van der Waals surface area contributed by atoms with Gasteiger partial charge in [-0.15, -0.1) is 0 Å². The van der Waals surface area contributed by atoms with Crippen LogP contribution in [0.5, 0.6) is 0 Å². The summed E-state index contributed by atoms with van der Waals surface area (Å²) >= 11 is 0. The van der Waals surface area contributed by atoms with Crippen LogP contribution in [0.3, 0.4) is 0 Å². The molecule has 0 heterocycles. The Kier molecular flexibility index (Phi) is 2.70. The summed E-state index contributed by atoms with van der Waals surface area (Å²) in [5, 5.41) is 6.18. The minimum atomic E-state index is -0.775. The minimum absolute atomic E-state index is 0.0831. The predicted octanol–water partition coefficient (Wildman–Crippen LogP) is 3.51. The van der Waals surface area contributed by atoms with Crippen LogP contribution in [0.25, 0.3) is 20.9 Å². The molecule has 0 fully saturated rings. The minimum Gasteiger partial charge on any atom is -0.206 e. The fraction of sp³-hybridized carbons (Fsp3) is 0. The van der Waals surface area contributed by atoms with Crippen molar-refractivity contribution >= 4 is 11.4 Å². The smallest absolute Gasteiger partial charge is 0.133 e. The first-order chi connectivity index (χ1) is 6.29. The van der Waals surface area contributed by atoms with Crippen LogP contribution >= 0.6 is 0 Å². The maximum Gasteiger partial charge on any atom is 0.133 e. The van der Waals surface area contributed by atoms with Crippen molar-refractivity contribution in [1.29, 1.82) is 0 Å². The molecule has 13 heavy (non-hydrogen) atoms. The molecule has 6 nitrogen and oxygen atoms in total. The average molecular weight is 177 g/mol. The Bertz CT molecular complexity index is 415. The van der Waals surface area contributed by atoms with E-state index < -0.39 is 5.82 Å². The van der Waals surface area contributed by atoms with E-state index in [1.807, 2.05) is 0 Å². The average Bonchev–Trinajstić information content (AvgIpc) is 2.11. The molecule has 0 aliphatic rings. The zero-order valence-corrected chi connectivity index (χ0v) is 6.22. The first kappa shape index (κ1) is 8.86. The van der Waals surface area contributed by atoms with Crippen LogP contribution in [0.2, 0.25) is 0 Å². The monoisotopic (exact) mass is 177 g/mol. The quantitative estimate of drug-likeness (QED) is 0.375. The van der Waals surface area contributed by atoms with Gasteiger partial charge in [0.05, 0.1) is 11.4 Å². The normalized spacial score (nSPS) is 8.38. The van der Waals surface area contributed by atoms with Crippen molar-refractivity contribution < 1.29 is 4.39 Å². The molecule has 1 rings (SSSR count). The summed E-state index contributed by atoms with van der Waals surface area (Å²) in [7, 11) is 0. The van der Waals surface area contributed by atoms with Crippen molar-refractivity contribution in [2.24, 2.45) is 10.2 Å². The highest BCUT2D eigenvalue weighted by Crippen LogP contribution is 2.30. The molecule has 0 N–H and O–H groups in total. The molecule has 1 radical (unpaired) electrons. The predicted molar refractivity (Wildman–Crippen MR) is 42.8 cm³/mol. The van der Waals surface area contributed by atoms with Crippen molar-refractivity contribution in [3.05, 3.63) is 44.9 Å². The van der Waals surface area contributed by atoms with E-state index in [4.69, 9.17) is 11.1 Å². The molecule has 1 aromatic rings. The Hall–Kier alpha value is -2.23. The van der Waals surface area contributed by atoms with E-state index in [2.05, 4.69) is 26.1 Å². The SMILES string of the molecule is [N-]=[N+]=Nc1c[c]cc(F)c1N=[N+]=[N-]. The highest BCUT2D eigenvalue weighted by Gasteiger charge is 2.03. The first-order valence-corrected chi connectivity index (χ1v) is 3.09. The third-order valence-corrected chi connectivity index (χ3v) is 1.20. The lowest BCUT2D eigenvalue weighted by atomic mass is 10.3. The summed E-state index contributed by atoms with van der Waals surface area (Å²) in [6.07, 6.45) is 0. The van der Waals surface area contributed by atoms with E-state index in [-0.39, 0.29) is 11.4 Å². The van der Waals surface area contributed by atoms with Crippen LogP contribution in [-0.4, -0.2) is 0 Å². The summed E-state index contributed by atoms with van der Waals surface area (Å²) in [6, 6.07) is 4.61. The van der Waals surface area contributed by atoms with E-state index in [0.717, 1.165) is 6.07 Å². The Morgan fingerprint density at radius 3 is 2.54 bits per heavy atom. The molecule has 1 aromatic carbocycles. The van der Waals surface area contributed by atoms with Gasteiger partial charge in [-0.05, 0) is 29.3 Å². The fourth-order valence-corrected chi connectivity index (χ4v) is 0.721. The van der Waals surface area contributed by atoms with E-state index in [0.29, 0.717) is 0 Å². The zero-order chi connectivity index (χ0) is 9.68. The second kappa shape index (κ2) is 3.96. The van der Waals surface area contributed by atoms with Crippen LogP contribution in [0.4, 0.5) is 15.8 Å². The third-order valence-electron chi connectivity index (χ3n) is 1.20. The number of hydrogen-bond acceptors (Lipinski definition) is 2. The standard InChI is InChI=1S/C6H2FN6/c7-4-2-1-3-5(10-12-8)6(4)11-13-9/h2-3H. The molecule has 0 saturated carbocycles. The van der Waals surface area contributed by atoms with Gasteiger partial charge < -0.3 is 0 Å². The fourth-order valence-electron chi connectivity index (χ4n) is 0.721.